The zero-order valence-corrected chi connectivity index (χ0v) is 16.1. The molecule has 0 bridgehead atoms. The van der Waals surface area contributed by atoms with Gasteiger partial charge in [-0.2, -0.15) is 0 Å². The molecular formula is C22H36N2. The number of unbranched alkanes of at least 4 members (excludes halogenated alkanes) is 1. The summed E-state index contributed by atoms with van der Waals surface area (Å²) >= 11 is 0. The van der Waals surface area contributed by atoms with E-state index in [2.05, 4.69) is 68.7 Å². The predicted octanol–water partition coefficient (Wildman–Crippen LogP) is 6.50. The topological polar surface area (TPSA) is 24.1 Å². The summed E-state index contributed by atoms with van der Waals surface area (Å²) in [5.41, 5.74) is 4.09. The van der Waals surface area contributed by atoms with Crippen LogP contribution in [-0.4, -0.2) is 12.6 Å². The van der Waals surface area contributed by atoms with Crippen LogP contribution in [0.4, 0.5) is 11.4 Å². The molecule has 2 N–H and O–H groups in total. The molecule has 0 atom stereocenters. The van der Waals surface area contributed by atoms with Gasteiger partial charge in [0.2, 0.25) is 0 Å². The van der Waals surface area contributed by atoms with Crippen molar-refractivity contribution in [3.05, 3.63) is 35.9 Å². The lowest BCUT2D eigenvalue weighted by molar-refractivity contribution is 0.462. The predicted molar refractivity (Wildman–Crippen MR) is 108 cm³/mol. The van der Waals surface area contributed by atoms with Crippen molar-refractivity contribution in [3.63, 3.8) is 0 Å². The van der Waals surface area contributed by atoms with E-state index in [1.54, 1.807) is 0 Å². The molecule has 134 valence electrons. The molecule has 1 aromatic rings. The number of anilines is 2. The van der Waals surface area contributed by atoms with Crippen LogP contribution in [-0.2, 0) is 5.41 Å². The van der Waals surface area contributed by atoms with Gasteiger partial charge in [-0.3, -0.25) is 0 Å². The molecule has 2 rings (SSSR count). The molecule has 0 saturated heterocycles. The summed E-state index contributed by atoms with van der Waals surface area (Å²) in [5.74, 6) is 0. The molecule has 0 aliphatic heterocycles. The van der Waals surface area contributed by atoms with Crippen molar-refractivity contribution in [1.29, 1.82) is 0 Å². The Labute approximate surface area is 149 Å². The maximum Gasteiger partial charge on any atom is 0.0581 e. The van der Waals surface area contributed by atoms with Crippen molar-refractivity contribution < 1.29 is 0 Å². The van der Waals surface area contributed by atoms with E-state index in [9.17, 15) is 0 Å². The van der Waals surface area contributed by atoms with E-state index < -0.39 is 0 Å². The number of allylic oxidation sites excluding steroid dienone is 1. The Balaban J connectivity index is 2.11. The smallest absolute Gasteiger partial charge is 0.0581 e. The minimum Gasteiger partial charge on any atom is -0.381 e. The highest BCUT2D eigenvalue weighted by molar-refractivity contribution is 5.70. The lowest BCUT2D eigenvalue weighted by Crippen LogP contribution is -2.23. The van der Waals surface area contributed by atoms with Crippen LogP contribution in [0.3, 0.4) is 0 Å². The maximum absolute atomic E-state index is 3.83. The van der Waals surface area contributed by atoms with Crippen molar-refractivity contribution in [1.82, 2.24) is 0 Å². The highest BCUT2D eigenvalue weighted by atomic mass is 15.0. The first kappa shape index (κ1) is 18.9. The van der Waals surface area contributed by atoms with Crippen LogP contribution in [0, 0.1) is 0 Å². The number of hydrogen-bond acceptors (Lipinski definition) is 2. The Kier molecular flexibility index (Phi) is 7.20. The summed E-state index contributed by atoms with van der Waals surface area (Å²) in [5, 5.41) is 7.42. The Morgan fingerprint density at radius 1 is 1.04 bits per heavy atom. The fraction of sp³-hybridized carbons (Fsp3) is 0.636. The number of benzene rings is 1. The minimum absolute atomic E-state index is 0.183. The van der Waals surface area contributed by atoms with Crippen molar-refractivity contribution in [3.8, 4) is 0 Å². The largest absolute Gasteiger partial charge is 0.381 e. The molecule has 0 aromatic heterocycles. The van der Waals surface area contributed by atoms with Gasteiger partial charge in [-0.25, -0.2) is 0 Å². The van der Waals surface area contributed by atoms with E-state index in [1.165, 1.54) is 55.5 Å². The SMILES string of the molecule is CCC/C=C\CNc1ccc(C(C)(C)C)cc1NC1CCCCC1. The highest BCUT2D eigenvalue weighted by Gasteiger charge is 2.18. The second kappa shape index (κ2) is 9.15. The first-order valence-electron chi connectivity index (χ1n) is 9.80. The molecule has 2 nitrogen and oxygen atoms in total. The molecule has 1 saturated carbocycles. The van der Waals surface area contributed by atoms with Crippen molar-refractivity contribution in [2.24, 2.45) is 0 Å². The molecule has 0 amide bonds. The Morgan fingerprint density at radius 3 is 2.46 bits per heavy atom. The standard InChI is InChI=1S/C22H36N2/c1-5-6-7-11-16-23-20-15-14-18(22(2,3)4)17-21(20)24-19-12-9-8-10-13-19/h7,11,14-15,17,19,23-24H,5-6,8-10,12-13,16H2,1-4H3/b11-7-. The second-order valence-corrected chi connectivity index (χ2v) is 8.13. The Morgan fingerprint density at radius 2 is 1.79 bits per heavy atom. The normalized spacial score (nSPS) is 16.5. The average Bonchev–Trinajstić information content (AvgIpc) is 2.56. The lowest BCUT2D eigenvalue weighted by atomic mass is 9.86. The quantitative estimate of drug-likeness (QED) is 0.558. The summed E-state index contributed by atoms with van der Waals surface area (Å²) in [6.07, 6.45) is 13.6. The van der Waals surface area contributed by atoms with E-state index in [-0.39, 0.29) is 5.41 Å². The van der Waals surface area contributed by atoms with Gasteiger partial charge in [0.15, 0.2) is 0 Å². The fourth-order valence-electron chi connectivity index (χ4n) is 3.29. The van der Waals surface area contributed by atoms with Gasteiger partial charge in [0.1, 0.15) is 0 Å². The monoisotopic (exact) mass is 328 g/mol. The summed E-state index contributed by atoms with van der Waals surface area (Å²) < 4.78 is 0. The molecule has 2 heteroatoms. The summed E-state index contributed by atoms with van der Waals surface area (Å²) in [4.78, 5) is 0. The first-order chi connectivity index (χ1) is 11.5. The number of nitrogens with one attached hydrogen (secondary N) is 2. The van der Waals surface area contributed by atoms with Crippen LogP contribution in [0.25, 0.3) is 0 Å². The van der Waals surface area contributed by atoms with E-state index in [0.29, 0.717) is 6.04 Å². The zero-order chi connectivity index (χ0) is 17.4. The maximum atomic E-state index is 3.83. The van der Waals surface area contributed by atoms with Crippen molar-refractivity contribution >= 4 is 11.4 Å². The average molecular weight is 329 g/mol. The van der Waals surface area contributed by atoms with Crippen LogP contribution in [0.15, 0.2) is 30.4 Å². The number of hydrogen-bond donors (Lipinski definition) is 2. The van der Waals surface area contributed by atoms with E-state index >= 15 is 0 Å². The van der Waals surface area contributed by atoms with E-state index in [0.717, 1.165) is 13.0 Å². The van der Waals surface area contributed by atoms with Gasteiger partial charge in [-0.05, 0) is 42.4 Å². The third-order valence-electron chi connectivity index (χ3n) is 4.88. The minimum atomic E-state index is 0.183. The first-order valence-corrected chi connectivity index (χ1v) is 9.80. The molecule has 1 fully saturated rings. The van der Waals surface area contributed by atoms with Gasteiger partial charge in [0.05, 0.1) is 11.4 Å². The van der Waals surface area contributed by atoms with Gasteiger partial charge < -0.3 is 10.6 Å². The van der Waals surface area contributed by atoms with Gasteiger partial charge in [0, 0.05) is 12.6 Å². The highest BCUT2D eigenvalue weighted by Crippen LogP contribution is 2.32. The molecule has 0 spiro atoms. The van der Waals surface area contributed by atoms with E-state index in [4.69, 9.17) is 0 Å². The van der Waals surface area contributed by atoms with Crippen molar-refractivity contribution in [2.75, 3.05) is 17.2 Å². The van der Waals surface area contributed by atoms with Crippen molar-refractivity contribution in [2.45, 2.75) is 84.1 Å². The summed E-state index contributed by atoms with van der Waals surface area (Å²) in [6, 6.07) is 7.50. The van der Waals surface area contributed by atoms with Gasteiger partial charge in [0.25, 0.3) is 0 Å². The third-order valence-corrected chi connectivity index (χ3v) is 4.88. The van der Waals surface area contributed by atoms with Crippen LogP contribution in [0.5, 0.6) is 0 Å². The molecule has 0 heterocycles. The molecule has 24 heavy (non-hydrogen) atoms. The van der Waals surface area contributed by atoms with Crippen LogP contribution < -0.4 is 10.6 Å². The molecular weight excluding hydrogens is 292 g/mol. The Hall–Kier alpha value is -1.44. The molecule has 1 aromatic carbocycles. The lowest BCUT2D eigenvalue weighted by Gasteiger charge is -2.27. The van der Waals surface area contributed by atoms with Crippen LogP contribution >= 0.6 is 0 Å². The molecule has 1 aliphatic rings. The van der Waals surface area contributed by atoms with Gasteiger partial charge in [-0.1, -0.05) is 71.6 Å². The second-order valence-electron chi connectivity index (χ2n) is 8.13. The van der Waals surface area contributed by atoms with E-state index in [1.807, 2.05) is 0 Å². The number of rotatable bonds is 7. The third kappa shape index (κ3) is 5.89. The van der Waals surface area contributed by atoms with Crippen LogP contribution in [0.2, 0.25) is 0 Å². The molecule has 1 aliphatic carbocycles. The van der Waals surface area contributed by atoms with Crippen LogP contribution in [0.1, 0.15) is 78.2 Å². The molecule has 0 unspecified atom stereocenters. The van der Waals surface area contributed by atoms with Gasteiger partial charge in [-0.15, -0.1) is 0 Å². The fourth-order valence-corrected chi connectivity index (χ4v) is 3.29. The summed E-state index contributed by atoms with van der Waals surface area (Å²) in [6.45, 7) is 9.97. The molecule has 0 radical (unpaired) electrons. The van der Waals surface area contributed by atoms with Gasteiger partial charge >= 0.3 is 0 Å². The summed E-state index contributed by atoms with van der Waals surface area (Å²) in [7, 11) is 0. The zero-order valence-electron chi connectivity index (χ0n) is 16.1. The Bertz CT molecular complexity index is 519.